The lowest BCUT2D eigenvalue weighted by atomic mass is 10.2. The van der Waals surface area contributed by atoms with Crippen molar-refractivity contribution < 1.29 is 9.59 Å². The van der Waals surface area contributed by atoms with E-state index in [1.165, 1.54) is 0 Å². The van der Waals surface area contributed by atoms with Gasteiger partial charge in [-0.15, -0.1) is 0 Å². The lowest BCUT2D eigenvalue weighted by Crippen LogP contribution is -2.19. The fourth-order valence-electron chi connectivity index (χ4n) is 1.51. The van der Waals surface area contributed by atoms with Crippen molar-refractivity contribution in [3.63, 3.8) is 0 Å². The second kappa shape index (κ2) is 6.41. The first kappa shape index (κ1) is 14.4. The quantitative estimate of drug-likeness (QED) is 0.823. The van der Waals surface area contributed by atoms with Crippen LogP contribution in [0.1, 0.15) is 10.4 Å². The minimum absolute atomic E-state index is 0.361. The van der Waals surface area contributed by atoms with Gasteiger partial charge in [-0.3, -0.25) is 4.79 Å². The van der Waals surface area contributed by atoms with E-state index in [4.69, 9.17) is 23.2 Å². The molecule has 0 aliphatic heterocycles. The molecular weight excluding hydrogens is 299 g/mol. The molecule has 0 atom stereocenters. The first-order valence-electron chi connectivity index (χ1n) is 5.67. The Labute approximate surface area is 125 Å². The number of hydrogen-bond acceptors (Lipinski definition) is 2. The van der Waals surface area contributed by atoms with Crippen molar-refractivity contribution >= 4 is 46.9 Å². The topological polar surface area (TPSA) is 58.2 Å². The molecule has 20 heavy (non-hydrogen) atoms. The zero-order valence-corrected chi connectivity index (χ0v) is 11.7. The summed E-state index contributed by atoms with van der Waals surface area (Å²) >= 11 is 11.6. The summed E-state index contributed by atoms with van der Waals surface area (Å²) in [5.41, 5.74) is 1.65. The SMILES string of the molecule is O=Cc1ccc(NC(=O)Nc2ccc(Cl)c(Cl)c2)cc1. The van der Waals surface area contributed by atoms with Gasteiger partial charge >= 0.3 is 6.03 Å². The number of benzene rings is 2. The van der Waals surface area contributed by atoms with Crippen LogP contribution in [0.5, 0.6) is 0 Å². The largest absolute Gasteiger partial charge is 0.323 e. The molecule has 2 aromatic rings. The van der Waals surface area contributed by atoms with E-state index >= 15 is 0 Å². The molecule has 2 N–H and O–H groups in total. The number of rotatable bonds is 3. The van der Waals surface area contributed by atoms with Crippen LogP contribution in [0.15, 0.2) is 42.5 Å². The van der Waals surface area contributed by atoms with Gasteiger partial charge in [0.15, 0.2) is 0 Å². The molecule has 0 saturated heterocycles. The Hall–Kier alpha value is -2.04. The molecule has 0 aliphatic rings. The maximum absolute atomic E-state index is 11.8. The molecule has 2 rings (SSSR count). The molecule has 0 heterocycles. The van der Waals surface area contributed by atoms with E-state index in [1.54, 1.807) is 42.5 Å². The van der Waals surface area contributed by atoms with Crippen LogP contribution < -0.4 is 10.6 Å². The van der Waals surface area contributed by atoms with E-state index in [1.807, 2.05) is 0 Å². The van der Waals surface area contributed by atoms with E-state index < -0.39 is 6.03 Å². The number of carbonyl (C=O) groups excluding carboxylic acids is 2. The minimum Gasteiger partial charge on any atom is -0.308 e. The average molecular weight is 309 g/mol. The zero-order valence-electron chi connectivity index (χ0n) is 10.2. The third kappa shape index (κ3) is 3.73. The predicted octanol–water partition coefficient (Wildman–Crippen LogP) is 4.45. The standard InChI is InChI=1S/C14H10Cl2N2O2/c15-12-6-5-11(7-13(12)16)18-14(20)17-10-3-1-9(8-19)2-4-10/h1-8H,(H2,17,18,20). The van der Waals surface area contributed by atoms with Gasteiger partial charge in [-0.2, -0.15) is 0 Å². The summed E-state index contributed by atoms with van der Waals surface area (Å²) in [7, 11) is 0. The number of anilines is 2. The number of nitrogens with one attached hydrogen (secondary N) is 2. The number of carbonyl (C=O) groups is 2. The van der Waals surface area contributed by atoms with Crippen LogP contribution in [-0.4, -0.2) is 12.3 Å². The third-order valence-corrected chi connectivity index (χ3v) is 3.22. The number of amides is 2. The van der Waals surface area contributed by atoms with Crippen molar-refractivity contribution in [1.29, 1.82) is 0 Å². The highest BCUT2D eigenvalue weighted by atomic mass is 35.5. The first-order chi connectivity index (χ1) is 9.58. The van der Waals surface area contributed by atoms with Gasteiger partial charge in [-0.25, -0.2) is 4.79 Å². The van der Waals surface area contributed by atoms with E-state index in [9.17, 15) is 9.59 Å². The van der Waals surface area contributed by atoms with Crippen LogP contribution in [0.3, 0.4) is 0 Å². The van der Waals surface area contributed by atoms with Crippen molar-refractivity contribution in [2.45, 2.75) is 0 Å². The average Bonchev–Trinajstić information content (AvgIpc) is 2.44. The minimum atomic E-state index is -0.415. The molecule has 2 amide bonds. The maximum Gasteiger partial charge on any atom is 0.323 e. The fourth-order valence-corrected chi connectivity index (χ4v) is 1.81. The fraction of sp³-hybridized carbons (Fsp3) is 0. The molecular formula is C14H10Cl2N2O2. The van der Waals surface area contributed by atoms with Crippen molar-refractivity contribution in [2.75, 3.05) is 10.6 Å². The van der Waals surface area contributed by atoms with Crippen molar-refractivity contribution in [1.82, 2.24) is 0 Å². The Bertz CT molecular complexity index is 642. The summed E-state index contributed by atoms with van der Waals surface area (Å²) < 4.78 is 0. The van der Waals surface area contributed by atoms with Gasteiger partial charge in [0.25, 0.3) is 0 Å². The summed E-state index contributed by atoms with van der Waals surface area (Å²) in [5, 5.41) is 6.04. The third-order valence-electron chi connectivity index (χ3n) is 2.48. The Morgan fingerprint density at radius 2 is 1.50 bits per heavy atom. The van der Waals surface area contributed by atoms with Gasteiger partial charge in [0.1, 0.15) is 6.29 Å². The van der Waals surface area contributed by atoms with E-state index in [0.29, 0.717) is 27.0 Å². The normalized spacial score (nSPS) is 9.90. The highest BCUT2D eigenvalue weighted by Gasteiger charge is 2.04. The molecule has 0 aromatic heterocycles. The number of hydrogen-bond donors (Lipinski definition) is 2. The summed E-state index contributed by atoms with van der Waals surface area (Å²) in [6.45, 7) is 0. The monoisotopic (exact) mass is 308 g/mol. The maximum atomic E-state index is 11.8. The molecule has 0 saturated carbocycles. The van der Waals surface area contributed by atoms with E-state index in [-0.39, 0.29) is 0 Å². The van der Waals surface area contributed by atoms with Gasteiger partial charge in [0.05, 0.1) is 10.0 Å². The van der Waals surface area contributed by atoms with Gasteiger partial charge in [0, 0.05) is 16.9 Å². The molecule has 0 fully saturated rings. The lowest BCUT2D eigenvalue weighted by Gasteiger charge is -2.08. The van der Waals surface area contributed by atoms with Crippen LogP contribution in [0.4, 0.5) is 16.2 Å². The lowest BCUT2D eigenvalue weighted by molar-refractivity contribution is 0.112. The Balaban J connectivity index is 2.00. The summed E-state index contributed by atoms with van der Waals surface area (Å²) in [4.78, 5) is 22.3. The molecule has 0 spiro atoms. The Morgan fingerprint density at radius 1 is 0.900 bits per heavy atom. The summed E-state index contributed by atoms with van der Waals surface area (Å²) in [5.74, 6) is 0. The molecule has 2 aromatic carbocycles. The summed E-state index contributed by atoms with van der Waals surface area (Å²) in [6.07, 6.45) is 0.736. The Morgan fingerprint density at radius 3 is 2.10 bits per heavy atom. The number of halogens is 2. The second-order valence-electron chi connectivity index (χ2n) is 3.95. The summed E-state index contributed by atoms with van der Waals surface area (Å²) in [6, 6.07) is 10.9. The first-order valence-corrected chi connectivity index (χ1v) is 6.42. The molecule has 0 aliphatic carbocycles. The van der Waals surface area contributed by atoms with Gasteiger partial charge < -0.3 is 10.6 Å². The number of aldehydes is 1. The van der Waals surface area contributed by atoms with Crippen molar-refractivity contribution in [2.24, 2.45) is 0 Å². The molecule has 4 nitrogen and oxygen atoms in total. The van der Waals surface area contributed by atoms with Crippen molar-refractivity contribution in [3.8, 4) is 0 Å². The van der Waals surface area contributed by atoms with Crippen LogP contribution in [0.2, 0.25) is 10.0 Å². The molecule has 0 bridgehead atoms. The van der Waals surface area contributed by atoms with Crippen molar-refractivity contribution in [3.05, 3.63) is 58.1 Å². The van der Waals surface area contributed by atoms with Gasteiger partial charge in [-0.1, -0.05) is 23.2 Å². The van der Waals surface area contributed by atoms with Gasteiger partial charge in [0.2, 0.25) is 0 Å². The van der Waals surface area contributed by atoms with Crippen LogP contribution in [0.25, 0.3) is 0 Å². The highest BCUT2D eigenvalue weighted by Crippen LogP contribution is 2.25. The Kier molecular flexibility index (Phi) is 4.61. The van der Waals surface area contributed by atoms with Crippen LogP contribution in [-0.2, 0) is 0 Å². The van der Waals surface area contributed by atoms with E-state index in [2.05, 4.69) is 10.6 Å². The predicted molar refractivity (Wildman–Crippen MR) is 80.9 cm³/mol. The smallest absolute Gasteiger partial charge is 0.308 e. The molecule has 102 valence electrons. The molecule has 0 radical (unpaired) electrons. The molecule has 6 heteroatoms. The highest BCUT2D eigenvalue weighted by molar-refractivity contribution is 6.42. The van der Waals surface area contributed by atoms with Crippen LogP contribution >= 0.6 is 23.2 Å². The zero-order chi connectivity index (χ0) is 14.5. The second-order valence-corrected chi connectivity index (χ2v) is 4.76. The van der Waals surface area contributed by atoms with Crippen LogP contribution in [0, 0.1) is 0 Å². The van der Waals surface area contributed by atoms with Gasteiger partial charge in [-0.05, 0) is 42.5 Å². The molecule has 0 unspecified atom stereocenters. The van der Waals surface area contributed by atoms with E-state index in [0.717, 1.165) is 6.29 Å². The number of urea groups is 1.